The number of rotatable bonds is 0. The van der Waals surface area contributed by atoms with Gasteiger partial charge in [-0.05, 0) is 19.8 Å². The van der Waals surface area contributed by atoms with E-state index in [1.165, 1.54) is 0 Å². The van der Waals surface area contributed by atoms with E-state index in [1.54, 1.807) is 6.92 Å². The summed E-state index contributed by atoms with van der Waals surface area (Å²) < 4.78 is 10.6. The molecule has 0 aromatic carbocycles. The number of hydrogen-bond acceptors (Lipinski definition) is 4. The van der Waals surface area contributed by atoms with E-state index in [1.807, 2.05) is 0 Å². The molecule has 0 aliphatic carbocycles. The van der Waals surface area contributed by atoms with Gasteiger partial charge >= 0.3 is 0 Å². The van der Waals surface area contributed by atoms with Gasteiger partial charge < -0.3 is 9.47 Å². The molecule has 2 rings (SSSR count). The van der Waals surface area contributed by atoms with Crippen molar-refractivity contribution in [3.05, 3.63) is 0 Å². The molecule has 0 aromatic rings. The van der Waals surface area contributed by atoms with E-state index in [0.29, 0.717) is 0 Å². The summed E-state index contributed by atoms with van der Waals surface area (Å²) in [4.78, 5) is 9.89. The molecule has 0 N–H and O–H groups in total. The Labute approximate surface area is 65.3 Å². The maximum absolute atomic E-state index is 5.33. The number of hydrogen-bond donors (Lipinski definition) is 0. The molecule has 0 aromatic heterocycles. The first-order chi connectivity index (χ1) is 5.36. The Morgan fingerprint density at radius 1 is 1.27 bits per heavy atom. The lowest BCUT2D eigenvalue weighted by molar-refractivity contribution is -0.487. The average molecular weight is 160 g/mol. The third-order valence-corrected chi connectivity index (χ3v) is 1.86. The molecule has 2 aliphatic rings. The van der Waals surface area contributed by atoms with Crippen molar-refractivity contribution in [3.63, 3.8) is 0 Å². The quantitative estimate of drug-likeness (QED) is 0.491. The monoisotopic (exact) mass is 160 g/mol. The lowest BCUT2D eigenvalue weighted by Gasteiger charge is -2.36. The fourth-order valence-corrected chi connectivity index (χ4v) is 1.31. The zero-order chi connectivity index (χ0) is 7.68. The largest absolute Gasteiger partial charge is 0.350 e. The van der Waals surface area contributed by atoms with Gasteiger partial charge in [-0.1, -0.05) is 0 Å². The van der Waals surface area contributed by atoms with Gasteiger partial charge in [-0.2, -0.15) is 0 Å². The van der Waals surface area contributed by atoms with Gasteiger partial charge in [-0.15, -0.1) is 0 Å². The van der Waals surface area contributed by atoms with Crippen molar-refractivity contribution in [2.75, 3.05) is 6.61 Å². The Bertz CT molecular complexity index is 138. The van der Waals surface area contributed by atoms with Crippen LogP contribution in [0.5, 0.6) is 0 Å². The highest BCUT2D eigenvalue weighted by atomic mass is 17.2. The molecular weight excluding hydrogens is 148 g/mol. The normalized spacial score (nSPS) is 45.0. The predicted molar refractivity (Wildman–Crippen MR) is 35.5 cm³/mol. The fraction of sp³-hybridized carbons (Fsp3) is 1.00. The number of fused-ring (bicyclic) bond motifs is 1. The van der Waals surface area contributed by atoms with E-state index in [4.69, 9.17) is 19.2 Å². The second-order valence-corrected chi connectivity index (χ2v) is 2.82. The van der Waals surface area contributed by atoms with Crippen LogP contribution in [0.4, 0.5) is 0 Å². The minimum absolute atomic E-state index is 0.0278. The van der Waals surface area contributed by atoms with Gasteiger partial charge in [0.1, 0.15) is 6.10 Å². The van der Waals surface area contributed by atoms with E-state index < -0.39 is 0 Å². The molecule has 2 aliphatic heterocycles. The van der Waals surface area contributed by atoms with Gasteiger partial charge in [0.25, 0.3) is 0 Å². The zero-order valence-corrected chi connectivity index (χ0v) is 6.49. The molecule has 3 atom stereocenters. The highest BCUT2D eigenvalue weighted by Gasteiger charge is 2.34. The summed E-state index contributed by atoms with van der Waals surface area (Å²) in [5.74, 6) is 0. The van der Waals surface area contributed by atoms with Crippen molar-refractivity contribution >= 4 is 0 Å². The van der Waals surface area contributed by atoms with Crippen LogP contribution in [0.3, 0.4) is 0 Å². The molecule has 2 saturated heterocycles. The predicted octanol–water partition coefficient (Wildman–Crippen LogP) is 0.816. The van der Waals surface area contributed by atoms with E-state index in [2.05, 4.69) is 0 Å². The summed E-state index contributed by atoms with van der Waals surface area (Å²) in [6, 6.07) is 0. The van der Waals surface area contributed by atoms with Crippen molar-refractivity contribution in [3.8, 4) is 0 Å². The molecular formula is C7H12O4. The Morgan fingerprint density at radius 2 is 2.18 bits per heavy atom. The van der Waals surface area contributed by atoms with E-state index >= 15 is 0 Å². The molecule has 2 fully saturated rings. The SMILES string of the molecule is C[C@H]1OO[C@H]2CCCO[C@H]2O1. The van der Waals surface area contributed by atoms with Crippen molar-refractivity contribution in [2.45, 2.75) is 38.4 Å². The van der Waals surface area contributed by atoms with Crippen LogP contribution in [0, 0.1) is 0 Å². The molecule has 0 bridgehead atoms. The Kier molecular flexibility index (Phi) is 2.09. The smallest absolute Gasteiger partial charge is 0.191 e. The molecule has 4 heteroatoms. The van der Waals surface area contributed by atoms with E-state index in [9.17, 15) is 0 Å². The highest BCUT2D eigenvalue weighted by molar-refractivity contribution is 4.68. The number of ether oxygens (including phenoxy) is 2. The van der Waals surface area contributed by atoms with Gasteiger partial charge in [0, 0.05) is 6.61 Å². The minimum Gasteiger partial charge on any atom is -0.350 e. The zero-order valence-electron chi connectivity index (χ0n) is 6.49. The van der Waals surface area contributed by atoms with Crippen LogP contribution in [0.2, 0.25) is 0 Å². The second kappa shape index (κ2) is 3.06. The standard InChI is InChI=1S/C7H12O4/c1-5-9-7-6(11-10-5)3-2-4-8-7/h5-7H,2-4H2,1H3/t5-,6+,7+/m1/s1. The topological polar surface area (TPSA) is 36.9 Å². The maximum Gasteiger partial charge on any atom is 0.191 e. The summed E-state index contributed by atoms with van der Waals surface area (Å²) in [5, 5.41) is 0. The van der Waals surface area contributed by atoms with Crippen molar-refractivity contribution in [2.24, 2.45) is 0 Å². The van der Waals surface area contributed by atoms with Gasteiger partial charge in [-0.3, -0.25) is 0 Å². The van der Waals surface area contributed by atoms with Crippen LogP contribution in [0.1, 0.15) is 19.8 Å². The van der Waals surface area contributed by atoms with Crippen LogP contribution < -0.4 is 0 Å². The fourth-order valence-electron chi connectivity index (χ4n) is 1.31. The first-order valence-corrected chi connectivity index (χ1v) is 3.95. The van der Waals surface area contributed by atoms with Crippen LogP contribution in [-0.4, -0.2) is 25.3 Å². The Morgan fingerprint density at radius 3 is 3.09 bits per heavy atom. The molecule has 11 heavy (non-hydrogen) atoms. The molecule has 0 saturated carbocycles. The lowest BCUT2D eigenvalue weighted by atomic mass is 10.1. The Balaban J connectivity index is 1.93. The third-order valence-electron chi connectivity index (χ3n) is 1.86. The van der Waals surface area contributed by atoms with E-state index in [-0.39, 0.29) is 18.7 Å². The summed E-state index contributed by atoms with van der Waals surface area (Å²) in [5.41, 5.74) is 0. The first kappa shape index (κ1) is 7.49. The molecule has 0 spiro atoms. The maximum atomic E-state index is 5.33. The summed E-state index contributed by atoms with van der Waals surface area (Å²) >= 11 is 0. The molecule has 0 amide bonds. The molecule has 0 radical (unpaired) electrons. The molecule has 4 nitrogen and oxygen atoms in total. The molecule has 64 valence electrons. The van der Waals surface area contributed by atoms with Crippen LogP contribution in [-0.2, 0) is 19.2 Å². The summed E-state index contributed by atoms with van der Waals surface area (Å²) in [7, 11) is 0. The van der Waals surface area contributed by atoms with Crippen molar-refractivity contribution < 1.29 is 19.2 Å². The second-order valence-electron chi connectivity index (χ2n) is 2.82. The minimum atomic E-state index is -0.311. The highest BCUT2D eigenvalue weighted by Crippen LogP contribution is 2.24. The van der Waals surface area contributed by atoms with Crippen LogP contribution in [0.25, 0.3) is 0 Å². The molecule has 0 unspecified atom stereocenters. The van der Waals surface area contributed by atoms with E-state index in [0.717, 1.165) is 19.4 Å². The third kappa shape index (κ3) is 1.54. The molecule has 2 heterocycles. The average Bonchev–Trinajstić information content (AvgIpc) is 2.04. The van der Waals surface area contributed by atoms with Crippen molar-refractivity contribution in [1.29, 1.82) is 0 Å². The first-order valence-electron chi connectivity index (χ1n) is 3.95. The van der Waals surface area contributed by atoms with Gasteiger partial charge in [-0.25, -0.2) is 9.78 Å². The van der Waals surface area contributed by atoms with Gasteiger partial charge in [0.05, 0.1) is 0 Å². The van der Waals surface area contributed by atoms with Crippen molar-refractivity contribution in [1.82, 2.24) is 0 Å². The lowest BCUT2D eigenvalue weighted by Crippen LogP contribution is -2.45. The van der Waals surface area contributed by atoms with Crippen LogP contribution >= 0.6 is 0 Å². The van der Waals surface area contributed by atoms with Gasteiger partial charge in [0.15, 0.2) is 12.6 Å². The van der Waals surface area contributed by atoms with Crippen LogP contribution in [0.15, 0.2) is 0 Å². The summed E-state index contributed by atoms with van der Waals surface area (Å²) in [6.07, 6.45) is 1.42. The summed E-state index contributed by atoms with van der Waals surface area (Å²) in [6.45, 7) is 2.55. The van der Waals surface area contributed by atoms with Gasteiger partial charge in [0.2, 0.25) is 0 Å². The Hall–Kier alpha value is -0.160.